The van der Waals surface area contributed by atoms with Gasteiger partial charge < -0.3 is 21.1 Å². The molecule has 0 aromatic heterocycles. The van der Waals surface area contributed by atoms with Gasteiger partial charge in [0.25, 0.3) is 5.91 Å². The van der Waals surface area contributed by atoms with E-state index < -0.39 is 6.03 Å². The second-order valence-electron chi connectivity index (χ2n) is 4.24. The molecule has 19 heavy (non-hydrogen) atoms. The minimum absolute atomic E-state index is 0.0475. The number of nitrogens with two attached hydrogens (primary N) is 1. The molecule has 1 rings (SSSR count). The van der Waals surface area contributed by atoms with Crippen LogP contribution in [0, 0.1) is 0 Å². The first kappa shape index (κ1) is 15.0. The Morgan fingerprint density at radius 1 is 1.32 bits per heavy atom. The van der Waals surface area contributed by atoms with E-state index in [1.165, 1.54) is 0 Å². The molecule has 0 spiro atoms. The van der Waals surface area contributed by atoms with Crippen LogP contribution in [0.4, 0.5) is 4.79 Å². The number of benzene rings is 1. The topological polar surface area (TPSA) is 93.4 Å². The first-order valence-electron chi connectivity index (χ1n) is 5.95. The molecule has 104 valence electrons. The molecule has 6 nitrogen and oxygen atoms in total. The molecule has 0 heterocycles. The number of primary amides is 1. The van der Waals surface area contributed by atoms with Gasteiger partial charge in [-0.3, -0.25) is 4.79 Å². The van der Waals surface area contributed by atoms with Gasteiger partial charge in [0.1, 0.15) is 0 Å². The van der Waals surface area contributed by atoms with Crippen molar-refractivity contribution < 1.29 is 14.3 Å². The molecule has 0 aliphatic carbocycles. The Labute approximate surface area is 112 Å². The van der Waals surface area contributed by atoms with Crippen molar-refractivity contribution >= 4 is 11.9 Å². The van der Waals surface area contributed by atoms with Crippen molar-refractivity contribution in [2.75, 3.05) is 13.7 Å². The van der Waals surface area contributed by atoms with E-state index in [9.17, 15) is 9.59 Å². The second-order valence-corrected chi connectivity index (χ2v) is 4.24. The molecule has 3 amide bonds. The smallest absolute Gasteiger partial charge is 0.312 e. The normalized spacial score (nSPS) is 11.7. The summed E-state index contributed by atoms with van der Waals surface area (Å²) in [6, 6.07) is 6.32. The highest BCUT2D eigenvalue weighted by Gasteiger charge is 2.09. The highest BCUT2D eigenvalue weighted by Crippen LogP contribution is 2.04. The summed E-state index contributed by atoms with van der Waals surface area (Å²) >= 11 is 0. The monoisotopic (exact) mass is 265 g/mol. The Balaban J connectivity index is 2.55. The van der Waals surface area contributed by atoms with Gasteiger partial charge in [-0.2, -0.15) is 0 Å². The van der Waals surface area contributed by atoms with Crippen LogP contribution in [-0.2, 0) is 11.3 Å². The number of carbonyl (C=O) groups excluding carboxylic acids is 2. The van der Waals surface area contributed by atoms with E-state index in [4.69, 9.17) is 10.5 Å². The highest BCUT2D eigenvalue weighted by molar-refractivity contribution is 5.94. The Bertz CT molecular complexity index is 431. The van der Waals surface area contributed by atoms with Crippen molar-refractivity contribution in [3.63, 3.8) is 0 Å². The number of nitrogens with one attached hydrogen (secondary N) is 2. The number of amides is 3. The summed E-state index contributed by atoms with van der Waals surface area (Å²) in [5, 5.41) is 5.29. The third kappa shape index (κ3) is 5.39. The van der Waals surface area contributed by atoms with Crippen LogP contribution < -0.4 is 16.4 Å². The lowest BCUT2D eigenvalue weighted by Gasteiger charge is -2.12. The summed E-state index contributed by atoms with van der Waals surface area (Å²) in [5.74, 6) is -0.154. The van der Waals surface area contributed by atoms with Gasteiger partial charge in [-0.25, -0.2) is 4.79 Å². The van der Waals surface area contributed by atoms with Gasteiger partial charge >= 0.3 is 6.03 Å². The fourth-order valence-electron chi connectivity index (χ4n) is 1.56. The van der Waals surface area contributed by atoms with E-state index in [0.717, 1.165) is 5.56 Å². The van der Waals surface area contributed by atoms with Crippen LogP contribution >= 0.6 is 0 Å². The maximum Gasteiger partial charge on any atom is 0.312 e. The van der Waals surface area contributed by atoms with E-state index in [0.29, 0.717) is 18.7 Å². The zero-order valence-electron chi connectivity index (χ0n) is 11.1. The minimum atomic E-state index is -0.574. The van der Waals surface area contributed by atoms with E-state index in [1.54, 1.807) is 31.4 Å². The number of hydrogen-bond donors (Lipinski definition) is 3. The largest absolute Gasteiger partial charge is 0.383 e. The number of methoxy groups -OCH3 is 1. The van der Waals surface area contributed by atoms with Crippen molar-refractivity contribution in [2.24, 2.45) is 5.73 Å². The summed E-state index contributed by atoms with van der Waals surface area (Å²) in [6.07, 6.45) is 0. The highest BCUT2D eigenvalue weighted by atomic mass is 16.5. The quantitative estimate of drug-likeness (QED) is 0.704. The van der Waals surface area contributed by atoms with Crippen LogP contribution in [0.25, 0.3) is 0 Å². The zero-order valence-corrected chi connectivity index (χ0v) is 11.1. The molecule has 0 fully saturated rings. The van der Waals surface area contributed by atoms with Gasteiger partial charge in [0, 0.05) is 25.3 Å². The SMILES string of the molecule is COC[C@@H](C)NC(=O)c1ccc(CNC(N)=O)cc1. The van der Waals surface area contributed by atoms with Gasteiger partial charge in [-0.1, -0.05) is 12.1 Å². The molecular formula is C13H19N3O3. The molecule has 0 saturated carbocycles. The van der Waals surface area contributed by atoms with Crippen LogP contribution in [0.3, 0.4) is 0 Å². The molecule has 0 aliphatic rings. The van der Waals surface area contributed by atoms with E-state index >= 15 is 0 Å². The van der Waals surface area contributed by atoms with Gasteiger partial charge in [0.05, 0.1) is 6.61 Å². The average Bonchev–Trinajstić information content (AvgIpc) is 2.37. The number of ether oxygens (including phenoxy) is 1. The van der Waals surface area contributed by atoms with Gasteiger partial charge in [0.15, 0.2) is 0 Å². The molecule has 6 heteroatoms. The fraction of sp³-hybridized carbons (Fsp3) is 0.385. The van der Waals surface area contributed by atoms with Crippen molar-refractivity contribution in [3.8, 4) is 0 Å². The predicted molar refractivity (Wildman–Crippen MR) is 71.7 cm³/mol. The van der Waals surface area contributed by atoms with Crippen LogP contribution in [0.5, 0.6) is 0 Å². The van der Waals surface area contributed by atoms with Crippen LogP contribution in [0.2, 0.25) is 0 Å². The Morgan fingerprint density at radius 2 is 1.95 bits per heavy atom. The Kier molecular flexibility index (Phi) is 5.81. The molecule has 0 unspecified atom stereocenters. The molecule has 0 saturated heterocycles. The van der Waals surface area contributed by atoms with E-state index in [-0.39, 0.29) is 11.9 Å². The molecule has 0 aliphatic heterocycles. The van der Waals surface area contributed by atoms with E-state index in [1.807, 2.05) is 6.92 Å². The lowest BCUT2D eigenvalue weighted by Crippen LogP contribution is -2.35. The second kappa shape index (κ2) is 7.38. The number of carbonyl (C=O) groups is 2. The number of hydrogen-bond acceptors (Lipinski definition) is 3. The van der Waals surface area contributed by atoms with Gasteiger partial charge in [-0.15, -0.1) is 0 Å². The Hall–Kier alpha value is -2.08. The fourth-order valence-corrected chi connectivity index (χ4v) is 1.56. The lowest BCUT2D eigenvalue weighted by molar-refractivity contribution is 0.0905. The zero-order chi connectivity index (χ0) is 14.3. The first-order chi connectivity index (χ1) is 9.02. The third-order valence-electron chi connectivity index (χ3n) is 2.48. The summed E-state index contributed by atoms with van der Waals surface area (Å²) in [6.45, 7) is 2.68. The lowest BCUT2D eigenvalue weighted by atomic mass is 10.1. The summed E-state index contributed by atoms with van der Waals surface area (Å²) in [4.78, 5) is 22.4. The van der Waals surface area contributed by atoms with Gasteiger partial charge in [-0.05, 0) is 24.6 Å². The number of urea groups is 1. The summed E-state index contributed by atoms with van der Waals surface area (Å²) < 4.78 is 4.95. The van der Waals surface area contributed by atoms with Crippen molar-refractivity contribution in [1.82, 2.24) is 10.6 Å². The van der Waals surface area contributed by atoms with Crippen molar-refractivity contribution in [1.29, 1.82) is 0 Å². The van der Waals surface area contributed by atoms with E-state index in [2.05, 4.69) is 10.6 Å². The minimum Gasteiger partial charge on any atom is -0.383 e. The maximum atomic E-state index is 11.9. The predicted octanol–water partition coefficient (Wildman–Crippen LogP) is 0.620. The maximum absolute atomic E-state index is 11.9. The van der Waals surface area contributed by atoms with Crippen molar-refractivity contribution in [3.05, 3.63) is 35.4 Å². The molecule has 4 N–H and O–H groups in total. The molecular weight excluding hydrogens is 246 g/mol. The Morgan fingerprint density at radius 3 is 2.47 bits per heavy atom. The molecule has 1 atom stereocenters. The van der Waals surface area contributed by atoms with Crippen molar-refractivity contribution in [2.45, 2.75) is 19.5 Å². The molecule has 0 radical (unpaired) electrons. The summed E-state index contributed by atoms with van der Waals surface area (Å²) in [5.41, 5.74) is 6.41. The third-order valence-corrected chi connectivity index (χ3v) is 2.48. The molecule has 0 bridgehead atoms. The standard InChI is InChI=1S/C13H19N3O3/c1-9(8-19-2)16-12(17)11-5-3-10(4-6-11)7-15-13(14)18/h3-6,9H,7-8H2,1-2H3,(H,16,17)(H3,14,15,18)/t9-/m1/s1. The molecule has 1 aromatic rings. The average molecular weight is 265 g/mol. The molecule has 1 aromatic carbocycles. The number of rotatable bonds is 6. The van der Waals surface area contributed by atoms with Crippen LogP contribution in [0.15, 0.2) is 24.3 Å². The van der Waals surface area contributed by atoms with Gasteiger partial charge in [0.2, 0.25) is 0 Å². The first-order valence-corrected chi connectivity index (χ1v) is 5.95. The van der Waals surface area contributed by atoms with Crippen LogP contribution in [-0.4, -0.2) is 31.7 Å². The summed E-state index contributed by atoms with van der Waals surface area (Å²) in [7, 11) is 1.59. The van der Waals surface area contributed by atoms with Crippen LogP contribution in [0.1, 0.15) is 22.8 Å².